The highest BCUT2D eigenvalue weighted by Gasteiger charge is 2.47. The molecule has 1 atom stereocenters. The number of hydrogen-bond donors (Lipinski definition) is 2. The molecule has 0 aromatic heterocycles. The number of phenolic OH excluding ortho intramolecular Hbond substituents is 1. The molecule has 4 rings (SSSR count). The number of halogens is 1. The van der Waals surface area contributed by atoms with Gasteiger partial charge in [-0.25, -0.2) is 0 Å². The fraction of sp³-hybridized carbons (Fsp3) is 0.214. The van der Waals surface area contributed by atoms with Crippen molar-refractivity contribution in [2.75, 3.05) is 11.5 Å². The van der Waals surface area contributed by atoms with Crippen LogP contribution in [0, 0.1) is 13.8 Å². The Hall–Kier alpha value is -3.77. The molecule has 1 unspecified atom stereocenters. The summed E-state index contributed by atoms with van der Waals surface area (Å²) in [6.45, 7) is 6.38. The maximum absolute atomic E-state index is 13.3. The zero-order valence-corrected chi connectivity index (χ0v) is 20.5. The Labute approximate surface area is 209 Å². The standard InChI is InChI=1S/C28H26ClNO5/c1-4-11-35-21-8-5-18(6-9-21)26(32)24-25(19-7-10-23(31)22(29)15-19)30(28(34)27(24)33)20-13-16(2)12-17(3)14-20/h5-10,12-15,25,31-32H,4,11H2,1-3H3/b26-24-. The first-order chi connectivity index (χ1) is 16.7. The number of benzene rings is 3. The number of hydrogen-bond acceptors (Lipinski definition) is 5. The predicted octanol–water partition coefficient (Wildman–Crippen LogP) is 6.08. The van der Waals surface area contributed by atoms with Gasteiger partial charge in [-0.15, -0.1) is 0 Å². The molecule has 1 aliphatic rings. The van der Waals surface area contributed by atoms with Gasteiger partial charge in [0.05, 0.1) is 23.2 Å². The number of ether oxygens (including phenoxy) is 1. The van der Waals surface area contributed by atoms with Crippen molar-refractivity contribution < 1.29 is 24.5 Å². The van der Waals surface area contributed by atoms with Crippen molar-refractivity contribution in [2.24, 2.45) is 0 Å². The summed E-state index contributed by atoms with van der Waals surface area (Å²) in [6, 6.07) is 15.8. The van der Waals surface area contributed by atoms with Gasteiger partial charge in [-0.3, -0.25) is 14.5 Å². The van der Waals surface area contributed by atoms with E-state index in [4.69, 9.17) is 16.3 Å². The van der Waals surface area contributed by atoms with Crippen LogP contribution in [0.15, 0.2) is 66.2 Å². The van der Waals surface area contributed by atoms with E-state index in [9.17, 15) is 19.8 Å². The molecule has 35 heavy (non-hydrogen) atoms. The summed E-state index contributed by atoms with van der Waals surface area (Å²) < 4.78 is 5.60. The minimum atomic E-state index is -0.940. The average Bonchev–Trinajstić information content (AvgIpc) is 3.09. The second-order valence-electron chi connectivity index (χ2n) is 8.60. The first-order valence-corrected chi connectivity index (χ1v) is 11.7. The quantitative estimate of drug-likeness (QED) is 0.248. The molecule has 0 saturated carbocycles. The minimum absolute atomic E-state index is 0.0573. The van der Waals surface area contributed by atoms with E-state index < -0.39 is 17.7 Å². The molecule has 6 nitrogen and oxygen atoms in total. The lowest BCUT2D eigenvalue weighted by Crippen LogP contribution is -2.29. The SMILES string of the molecule is CCCOc1ccc(/C(O)=C2/C(=O)C(=O)N(c3cc(C)cc(C)c3)C2c2ccc(O)c(Cl)c2)cc1. The van der Waals surface area contributed by atoms with Crippen LogP contribution in [-0.2, 0) is 9.59 Å². The van der Waals surface area contributed by atoms with Gasteiger partial charge in [0.2, 0.25) is 0 Å². The van der Waals surface area contributed by atoms with Crippen molar-refractivity contribution in [1.29, 1.82) is 0 Å². The van der Waals surface area contributed by atoms with Gasteiger partial charge in [0, 0.05) is 11.3 Å². The molecule has 0 bridgehead atoms. The Morgan fingerprint density at radius 2 is 1.66 bits per heavy atom. The molecule has 1 heterocycles. The molecule has 1 fully saturated rings. The predicted molar refractivity (Wildman–Crippen MR) is 136 cm³/mol. The number of aliphatic hydroxyl groups is 1. The number of aromatic hydroxyl groups is 1. The second kappa shape index (κ2) is 9.84. The van der Waals surface area contributed by atoms with Crippen LogP contribution in [0.2, 0.25) is 5.02 Å². The lowest BCUT2D eigenvalue weighted by Gasteiger charge is -2.26. The van der Waals surface area contributed by atoms with Gasteiger partial charge < -0.3 is 14.9 Å². The van der Waals surface area contributed by atoms with Crippen molar-refractivity contribution in [3.8, 4) is 11.5 Å². The third-order valence-corrected chi connectivity index (χ3v) is 6.12. The van der Waals surface area contributed by atoms with Gasteiger partial charge in [-0.1, -0.05) is 30.7 Å². The van der Waals surface area contributed by atoms with Gasteiger partial charge in [-0.05, 0) is 85.5 Å². The first-order valence-electron chi connectivity index (χ1n) is 11.3. The van der Waals surface area contributed by atoms with Gasteiger partial charge >= 0.3 is 0 Å². The van der Waals surface area contributed by atoms with Gasteiger partial charge in [0.15, 0.2) is 0 Å². The van der Waals surface area contributed by atoms with Crippen LogP contribution in [0.1, 0.15) is 41.6 Å². The highest BCUT2D eigenvalue weighted by atomic mass is 35.5. The average molecular weight is 492 g/mol. The molecule has 2 N–H and O–H groups in total. The number of carbonyl (C=O) groups is 2. The Balaban J connectivity index is 1.89. The molecule has 3 aromatic rings. The van der Waals surface area contributed by atoms with Crippen molar-refractivity contribution in [3.63, 3.8) is 0 Å². The first kappa shape index (κ1) is 24.4. The number of rotatable bonds is 6. The zero-order chi connectivity index (χ0) is 25.3. The van der Waals surface area contributed by atoms with E-state index in [1.54, 1.807) is 30.3 Å². The number of amides is 1. The highest BCUT2D eigenvalue weighted by molar-refractivity contribution is 6.51. The van der Waals surface area contributed by atoms with Crippen molar-refractivity contribution >= 4 is 34.7 Å². The number of aliphatic hydroxyl groups excluding tert-OH is 1. The second-order valence-corrected chi connectivity index (χ2v) is 9.01. The topological polar surface area (TPSA) is 87.1 Å². The number of ketones is 1. The fourth-order valence-electron chi connectivity index (χ4n) is 4.28. The Morgan fingerprint density at radius 1 is 1.00 bits per heavy atom. The summed E-state index contributed by atoms with van der Waals surface area (Å²) in [7, 11) is 0. The fourth-order valence-corrected chi connectivity index (χ4v) is 4.47. The van der Waals surface area contributed by atoms with Gasteiger partial charge in [-0.2, -0.15) is 0 Å². The Morgan fingerprint density at radius 3 is 2.26 bits per heavy atom. The third-order valence-electron chi connectivity index (χ3n) is 5.82. The summed E-state index contributed by atoms with van der Waals surface area (Å²) in [6.07, 6.45) is 0.860. The van der Waals surface area contributed by atoms with E-state index in [2.05, 4.69) is 0 Å². The monoisotopic (exact) mass is 491 g/mol. The molecular weight excluding hydrogens is 466 g/mol. The maximum Gasteiger partial charge on any atom is 0.300 e. The third kappa shape index (κ3) is 4.75. The zero-order valence-electron chi connectivity index (χ0n) is 19.7. The number of phenols is 1. The number of Topliss-reactive ketones (excluding diaryl/α,β-unsaturated/α-hetero) is 1. The van der Waals surface area contributed by atoms with Crippen LogP contribution in [0.3, 0.4) is 0 Å². The molecule has 7 heteroatoms. The number of anilines is 1. The van der Waals surface area contributed by atoms with E-state index in [-0.39, 0.29) is 22.1 Å². The Kier molecular flexibility index (Phi) is 6.85. The summed E-state index contributed by atoms with van der Waals surface area (Å²) in [4.78, 5) is 28.0. The van der Waals surface area contributed by atoms with Gasteiger partial charge in [0.1, 0.15) is 17.3 Å². The molecule has 1 aliphatic heterocycles. The van der Waals surface area contributed by atoms with Crippen LogP contribution >= 0.6 is 11.6 Å². The number of carbonyl (C=O) groups excluding carboxylic acids is 2. The maximum atomic E-state index is 13.3. The summed E-state index contributed by atoms with van der Waals surface area (Å²) in [5.74, 6) is -1.34. The van der Waals surface area contributed by atoms with Gasteiger partial charge in [0.25, 0.3) is 11.7 Å². The largest absolute Gasteiger partial charge is 0.507 e. The molecule has 0 spiro atoms. The number of nitrogens with zero attached hydrogens (tertiary/aromatic N) is 1. The molecule has 1 amide bonds. The molecule has 3 aromatic carbocycles. The van der Waals surface area contributed by atoms with Crippen LogP contribution in [-0.4, -0.2) is 28.5 Å². The summed E-state index contributed by atoms with van der Waals surface area (Å²) in [5, 5.41) is 21.3. The van der Waals surface area contributed by atoms with Crippen LogP contribution in [0.4, 0.5) is 5.69 Å². The van der Waals surface area contributed by atoms with Crippen LogP contribution in [0.5, 0.6) is 11.5 Å². The van der Waals surface area contributed by atoms with Crippen molar-refractivity contribution in [3.05, 3.63) is 93.5 Å². The minimum Gasteiger partial charge on any atom is -0.507 e. The van der Waals surface area contributed by atoms with E-state index in [1.165, 1.54) is 17.0 Å². The van der Waals surface area contributed by atoms with E-state index >= 15 is 0 Å². The highest BCUT2D eigenvalue weighted by Crippen LogP contribution is 2.44. The lowest BCUT2D eigenvalue weighted by molar-refractivity contribution is -0.132. The van der Waals surface area contributed by atoms with Crippen LogP contribution in [0.25, 0.3) is 5.76 Å². The van der Waals surface area contributed by atoms with Crippen molar-refractivity contribution in [2.45, 2.75) is 33.2 Å². The smallest absolute Gasteiger partial charge is 0.300 e. The van der Waals surface area contributed by atoms with Crippen LogP contribution < -0.4 is 9.64 Å². The number of aryl methyl sites for hydroxylation is 2. The van der Waals surface area contributed by atoms with E-state index in [0.29, 0.717) is 29.2 Å². The molecule has 0 radical (unpaired) electrons. The lowest BCUT2D eigenvalue weighted by atomic mass is 9.95. The molecule has 180 valence electrons. The van der Waals surface area contributed by atoms with Crippen molar-refractivity contribution in [1.82, 2.24) is 0 Å². The van der Waals surface area contributed by atoms with E-state index in [0.717, 1.165) is 17.5 Å². The molecule has 1 saturated heterocycles. The summed E-state index contributed by atoms with van der Waals surface area (Å²) in [5.41, 5.74) is 3.18. The Bertz CT molecular complexity index is 1310. The summed E-state index contributed by atoms with van der Waals surface area (Å²) >= 11 is 6.18. The molecular formula is C28H26ClNO5. The normalized spacial score (nSPS) is 17.1. The van der Waals surface area contributed by atoms with E-state index in [1.807, 2.05) is 39.0 Å². The molecule has 0 aliphatic carbocycles.